The van der Waals surface area contributed by atoms with E-state index in [1.807, 2.05) is 6.92 Å². The summed E-state index contributed by atoms with van der Waals surface area (Å²) < 4.78 is 40.5. The third-order valence-corrected chi connectivity index (χ3v) is 3.04. The van der Waals surface area contributed by atoms with Gasteiger partial charge < -0.3 is 10.1 Å². The van der Waals surface area contributed by atoms with Crippen molar-refractivity contribution in [3.8, 4) is 0 Å². The Hall–Kier alpha value is -1.51. The summed E-state index contributed by atoms with van der Waals surface area (Å²) in [5, 5.41) is 7.13. The Morgan fingerprint density at radius 3 is 2.68 bits per heavy atom. The Labute approximate surface area is 110 Å². The highest BCUT2D eigenvalue weighted by Gasteiger charge is 2.13. The van der Waals surface area contributed by atoms with Gasteiger partial charge in [0.1, 0.15) is 12.4 Å². The normalized spacial score (nSPS) is 11.3. The first-order chi connectivity index (χ1) is 8.84. The first-order valence-corrected chi connectivity index (χ1v) is 7.09. The number of hydrogen-bond donors (Lipinski definition) is 2. The number of ether oxygens (including phenoxy) is 1. The molecule has 0 aliphatic rings. The largest absolute Gasteiger partial charge is 0.372 e. The summed E-state index contributed by atoms with van der Waals surface area (Å²) in [4.78, 5) is 11.0. The fraction of sp³-hybridized carbons (Fsp3) is 0.364. The van der Waals surface area contributed by atoms with Crippen LogP contribution in [0.5, 0.6) is 0 Å². The van der Waals surface area contributed by atoms with Crippen LogP contribution in [-0.2, 0) is 19.6 Å². The van der Waals surface area contributed by atoms with Gasteiger partial charge in [-0.1, -0.05) is 6.92 Å². The second-order valence-corrected chi connectivity index (χ2v) is 5.35. The van der Waals surface area contributed by atoms with Crippen molar-refractivity contribution in [2.45, 2.75) is 18.2 Å². The van der Waals surface area contributed by atoms with E-state index in [1.165, 1.54) is 0 Å². The molecule has 3 N–H and O–H groups in total. The summed E-state index contributed by atoms with van der Waals surface area (Å²) in [6.45, 7) is 2.13. The standard InChI is InChI=1S/C11H15FN2O4S/c1-2-5-18-7-11(15)14-10-4-3-8(6-9(10)12)19(13,16)17/h3-4,6H,2,5,7H2,1H3,(H,14,15)(H2,13,16,17). The molecule has 0 spiro atoms. The molecule has 0 bridgehead atoms. The SMILES string of the molecule is CCCOCC(=O)Nc1ccc(S(N)(=O)=O)cc1F. The molecule has 1 aromatic rings. The average molecular weight is 290 g/mol. The van der Waals surface area contributed by atoms with E-state index in [1.54, 1.807) is 0 Å². The van der Waals surface area contributed by atoms with Gasteiger partial charge in [-0.2, -0.15) is 0 Å². The van der Waals surface area contributed by atoms with Gasteiger partial charge in [0, 0.05) is 6.61 Å². The van der Waals surface area contributed by atoms with Crippen molar-refractivity contribution >= 4 is 21.6 Å². The van der Waals surface area contributed by atoms with Crippen LogP contribution >= 0.6 is 0 Å². The average Bonchev–Trinajstić information content (AvgIpc) is 2.31. The van der Waals surface area contributed by atoms with Crippen LogP contribution in [0.25, 0.3) is 0 Å². The zero-order chi connectivity index (χ0) is 14.5. The lowest BCUT2D eigenvalue weighted by molar-refractivity contribution is -0.120. The van der Waals surface area contributed by atoms with E-state index in [0.29, 0.717) is 6.61 Å². The summed E-state index contributed by atoms with van der Waals surface area (Å²) in [7, 11) is -3.97. The number of rotatable bonds is 6. The molecular weight excluding hydrogens is 275 g/mol. The van der Waals surface area contributed by atoms with Crippen LogP contribution in [0, 0.1) is 5.82 Å². The third-order valence-electron chi connectivity index (χ3n) is 2.12. The molecule has 0 aliphatic carbocycles. The van der Waals surface area contributed by atoms with Gasteiger partial charge in [0.25, 0.3) is 0 Å². The molecular formula is C11H15FN2O4S. The van der Waals surface area contributed by atoms with Crippen LogP contribution in [0.2, 0.25) is 0 Å². The van der Waals surface area contributed by atoms with Gasteiger partial charge in [-0.3, -0.25) is 4.79 Å². The maximum Gasteiger partial charge on any atom is 0.250 e. The number of anilines is 1. The van der Waals surface area contributed by atoms with Gasteiger partial charge in [0.05, 0.1) is 10.6 Å². The van der Waals surface area contributed by atoms with Gasteiger partial charge in [-0.05, 0) is 24.6 Å². The number of halogens is 1. The first-order valence-electron chi connectivity index (χ1n) is 5.54. The van der Waals surface area contributed by atoms with Gasteiger partial charge in [0.15, 0.2) is 0 Å². The maximum absolute atomic E-state index is 13.6. The lowest BCUT2D eigenvalue weighted by Gasteiger charge is -2.07. The van der Waals surface area contributed by atoms with E-state index in [9.17, 15) is 17.6 Å². The molecule has 1 rings (SSSR count). The highest BCUT2D eigenvalue weighted by Crippen LogP contribution is 2.18. The van der Waals surface area contributed by atoms with Crippen LogP contribution in [-0.4, -0.2) is 27.5 Å². The molecule has 106 valence electrons. The fourth-order valence-electron chi connectivity index (χ4n) is 1.27. The zero-order valence-electron chi connectivity index (χ0n) is 10.3. The Bertz CT molecular complexity index is 560. The number of nitrogens with two attached hydrogens (primary N) is 1. The van der Waals surface area contributed by atoms with Crippen molar-refractivity contribution in [3.05, 3.63) is 24.0 Å². The molecule has 0 radical (unpaired) electrons. The zero-order valence-corrected chi connectivity index (χ0v) is 11.2. The molecule has 1 aromatic carbocycles. The van der Waals surface area contributed by atoms with Gasteiger partial charge in [-0.25, -0.2) is 17.9 Å². The lowest BCUT2D eigenvalue weighted by Crippen LogP contribution is -2.19. The van der Waals surface area contributed by atoms with Crippen LogP contribution in [0.4, 0.5) is 10.1 Å². The summed E-state index contributed by atoms with van der Waals surface area (Å²) in [6, 6.07) is 2.99. The molecule has 6 nitrogen and oxygen atoms in total. The Morgan fingerprint density at radius 1 is 1.47 bits per heavy atom. The molecule has 0 saturated heterocycles. The molecule has 8 heteroatoms. The molecule has 0 atom stereocenters. The lowest BCUT2D eigenvalue weighted by atomic mass is 10.3. The second kappa shape index (κ2) is 6.60. The molecule has 0 aliphatic heterocycles. The van der Waals surface area contributed by atoms with Crippen LogP contribution in [0.15, 0.2) is 23.1 Å². The fourth-order valence-corrected chi connectivity index (χ4v) is 1.80. The Balaban J connectivity index is 2.73. The Morgan fingerprint density at radius 2 is 2.16 bits per heavy atom. The molecule has 0 fully saturated rings. The van der Waals surface area contributed by atoms with Crippen molar-refractivity contribution in [2.75, 3.05) is 18.5 Å². The highest BCUT2D eigenvalue weighted by molar-refractivity contribution is 7.89. The summed E-state index contributed by atoms with van der Waals surface area (Å²) in [5.74, 6) is -1.40. The topological polar surface area (TPSA) is 98.5 Å². The number of carbonyl (C=O) groups is 1. The smallest absolute Gasteiger partial charge is 0.250 e. The summed E-state index contributed by atoms with van der Waals surface area (Å²) >= 11 is 0. The van der Waals surface area contributed by atoms with Gasteiger partial charge in [0.2, 0.25) is 15.9 Å². The monoisotopic (exact) mass is 290 g/mol. The van der Waals surface area contributed by atoms with Crippen molar-refractivity contribution in [3.63, 3.8) is 0 Å². The molecule has 0 saturated carbocycles. The molecule has 1 amide bonds. The van der Waals surface area contributed by atoms with Crippen LogP contribution in [0.1, 0.15) is 13.3 Å². The number of benzene rings is 1. The highest BCUT2D eigenvalue weighted by atomic mass is 32.2. The second-order valence-electron chi connectivity index (χ2n) is 3.79. The minimum absolute atomic E-state index is 0.127. The van der Waals surface area contributed by atoms with Crippen molar-refractivity contribution < 1.29 is 22.3 Å². The van der Waals surface area contributed by atoms with E-state index >= 15 is 0 Å². The van der Waals surface area contributed by atoms with E-state index in [-0.39, 0.29) is 17.2 Å². The minimum atomic E-state index is -3.97. The summed E-state index contributed by atoms with van der Waals surface area (Å²) in [6.07, 6.45) is 0.769. The van der Waals surface area contributed by atoms with Gasteiger partial charge in [-0.15, -0.1) is 0 Å². The number of amides is 1. The third kappa shape index (κ3) is 4.93. The number of sulfonamides is 1. The molecule has 19 heavy (non-hydrogen) atoms. The summed E-state index contributed by atoms with van der Waals surface area (Å²) in [5.41, 5.74) is -0.127. The van der Waals surface area contributed by atoms with Crippen LogP contribution in [0.3, 0.4) is 0 Å². The minimum Gasteiger partial charge on any atom is -0.372 e. The molecule has 0 unspecified atom stereocenters. The van der Waals surface area contributed by atoms with E-state index in [2.05, 4.69) is 5.32 Å². The van der Waals surface area contributed by atoms with Crippen molar-refractivity contribution in [1.82, 2.24) is 0 Å². The van der Waals surface area contributed by atoms with Crippen molar-refractivity contribution in [2.24, 2.45) is 5.14 Å². The Kier molecular flexibility index (Phi) is 5.40. The number of carbonyl (C=O) groups excluding carboxylic acids is 1. The van der Waals surface area contributed by atoms with Crippen molar-refractivity contribution in [1.29, 1.82) is 0 Å². The maximum atomic E-state index is 13.6. The van der Waals surface area contributed by atoms with Gasteiger partial charge >= 0.3 is 0 Å². The molecule has 0 aromatic heterocycles. The predicted octanol–water partition coefficient (Wildman–Crippen LogP) is 0.838. The predicted molar refractivity (Wildman–Crippen MR) is 67.5 cm³/mol. The molecule has 0 heterocycles. The van der Waals surface area contributed by atoms with E-state index < -0.39 is 21.7 Å². The first kappa shape index (κ1) is 15.5. The van der Waals surface area contributed by atoms with E-state index in [0.717, 1.165) is 24.6 Å². The van der Waals surface area contributed by atoms with Crippen LogP contribution < -0.4 is 10.5 Å². The number of hydrogen-bond acceptors (Lipinski definition) is 4. The van der Waals surface area contributed by atoms with E-state index in [4.69, 9.17) is 9.88 Å². The quantitative estimate of drug-likeness (QED) is 0.758. The number of primary sulfonamides is 1. The number of nitrogens with one attached hydrogen (secondary N) is 1.